The van der Waals surface area contributed by atoms with Crippen LogP contribution in [-0.4, -0.2) is 63.1 Å². The molecule has 0 radical (unpaired) electrons. The molecule has 0 N–H and O–H groups in total. The average molecular weight is 400 g/mol. The molecule has 3 aromatic rings. The van der Waals surface area contributed by atoms with E-state index in [0.29, 0.717) is 29.1 Å². The van der Waals surface area contributed by atoms with Crippen molar-refractivity contribution in [3.05, 3.63) is 59.1 Å². The summed E-state index contributed by atoms with van der Waals surface area (Å²) in [5, 5.41) is 8.57. The van der Waals surface area contributed by atoms with Gasteiger partial charge in [-0.05, 0) is 35.9 Å². The molecule has 2 heterocycles. The average Bonchev–Trinajstić information content (AvgIpc) is 3.10. The maximum Gasteiger partial charge on any atom is 0.266 e. The highest BCUT2D eigenvalue weighted by Gasteiger charge is 2.27. The predicted molar refractivity (Wildman–Crippen MR) is 107 cm³/mol. The monoisotopic (exact) mass is 399 g/mol. The Hall–Kier alpha value is -2.64. The third-order valence-corrected chi connectivity index (χ3v) is 5.15. The van der Waals surface area contributed by atoms with Gasteiger partial charge < -0.3 is 9.74 Å². The third-order valence-electron chi connectivity index (χ3n) is 4.92. The number of piperazine rings is 1. The number of halogens is 1. The van der Waals surface area contributed by atoms with E-state index >= 15 is 0 Å². The number of hydrogen-bond donors (Lipinski definition) is 0. The van der Waals surface area contributed by atoms with Crippen LogP contribution in [0.5, 0.6) is 0 Å². The van der Waals surface area contributed by atoms with Crippen LogP contribution in [0.4, 0.5) is 0 Å². The van der Waals surface area contributed by atoms with Crippen molar-refractivity contribution in [2.45, 2.75) is 19.6 Å². The lowest BCUT2D eigenvalue weighted by atomic mass is 10.2. The first-order valence-corrected chi connectivity index (χ1v) is 9.71. The molecule has 1 saturated heterocycles. The summed E-state index contributed by atoms with van der Waals surface area (Å²) in [5.74, 6) is -0.0509. The molecule has 1 aromatic heterocycles. The number of amides is 1. The summed E-state index contributed by atoms with van der Waals surface area (Å²) in [4.78, 5) is 24.0. The molecule has 28 heavy (non-hydrogen) atoms. The number of carbonyl (C=O) groups is 1. The van der Waals surface area contributed by atoms with Crippen molar-refractivity contribution in [2.24, 2.45) is 0 Å². The molecule has 1 amide bonds. The minimum atomic E-state index is -0.662. The third kappa shape index (κ3) is 4.10. The first kappa shape index (κ1) is 18.7. The summed E-state index contributed by atoms with van der Waals surface area (Å²) < 4.78 is 0. The van der Waals surface area contributed by atoms with Gasteiger partial charge in [0.1, 0.15) is 11.0 Å². The molecule has 7 nitrogen and oxygen atoms in total. The normalized spacial score (nSPS) is 16.3. The van der Waals surface area contributed by atoms with E-state index in [-0.39, 0.29) is 5.91 Å². The van der Waals surface area contributed by atoms with Crippen LogP contribution in [0.25, 0.3) is 11.0 Å². The van der Waals surface area contributed by atoms with Gasteiger partial charge in [-0.1, -0.05) is 46.8 Å². The smallest absolute Gasteiger partial charge is 0.266 e. The minimum Gasteiger partial charge on any atom is -0.382 e. The van der Waals surface area contributed by atoms with Crippen LogP contribution in [0, 0.1) is 0 Å². The second-order valence-electron chi connectivity index (χ2n) is 6.93. The fraction of sp³-hybridized carbons (Fsp3) is 0.350. The van der Waals surface area contributed by atoms with E-state index < -0.39 is 6.10 Å². The molecule has 0 spiro atoms. The molecule has 0 saturated carbocycles. The lowest BCUT2D eigenvalue weighted by Crippen LogP contribution is -2.52. The summed E-state index contributed by atoms with van der Waals surface area (Å²) in [6, 6.07) is 15.6. The summed E-state index contributed by atoms with van der Waals surface area (Å²) in [6.45, 7) is 5.69. The Kier molecular flexibility index (Phi) is 5.45. The summed E-state index contributed by atoms with van der Waals surface area (Å²) >= 11 is 6.04. The van der Waals surface area contributed by atoms with E-state index in [4.69, 9.17) is 16.4 Å². The van der Waals surface area contributed by atoms with Gasteiger partial charge in [0.25, 0.3) is 5.91 Å². The lowest BCUT2D eigenvalue weighted by Gasteiger charge is -2.35. The molecule has 1 aliphatic rings. The Balaban J connectivity index is 1.33. The lowest BCUT2D eigenvalue weighted by molar-refractivity contribution is -0.145. The van der Waals surface area contributed by atoms with E-state index in [9.17, 15) is 4.79 Å². The molecule has 4 rings (SSSR count). The van der Waals surface area contributed by atoms with E-state index in [1.54, 1.807) is 25.1 Å². The van der Waals surface area contributed by atoms with Crippen LogP contribution in [0.3, 0.4) is 0 Å². The maximum absolute atomic E-state index is 12.8. The number of carbonyl (C=O) groups excluding carboxylic acids is 1. The fourth-order valence-electron chi connectivity index (χ4n) is 3.37. The first-order chi connectivity index (χ1) is 13.6. The zero-order chi connectivity index (χ0) is 19.5. The van der Waals surface area contributed by atoms with Gasteiger partial charge in [0.05, 0.1) is 0 Å². The second-order valence-corrected chi connectivity index (χ2v) is 7.37. The largest absolute Gasteiger partial charge is 0.382 e. The van der Waals surface area contributed by atoms with Crippen molar-refractivity contribution in [2.75, 3.05) is 26.2 Å². The van der Waals surface area contributed by atoms with Gasteiger partial charge in [0, 0.05) is 37.7 Å². The SMILES string of the molecule is C[C@H](On1nnc2ccc(Cl)cc21)C(=O)N1CCN(Cc2ccccc2)CC1. The number of rotatable bonds is 5. The predicted octanol–water partition coefficient (Wildman–Crippen LogP) is 2.25. The molecule has 0 unspecified atom stereocenters. The van der Waals surface area contributed by atoms with Gasteiger partial charge in [-0.15, -0.1) is 5.10 Å². The van der Waals surface area contributed by atoms with Crippen molar-refractivity contribution in [3.8, 4) is 0 Å². The highest BCUT2D eigenvalue weighted by Crippen LogP contribution is 2.17. The molecule has 1 aliphatic heterocycles. The van der Waals surface area contributed by atoms with E-state index in [1.807, 2.05) is 11.0 Å². The van der Waals surface area contributed by atoms with Gasteiger partial charge in [0.2, 0.25) is 6.10 Å². The standard InChI is InChI=1S/C20H22ClN5O2/c1-15(28-26-19-13-17(21)7-8-18(19)22-23-26)20(27)25-11-9-24(10-12-25)14-16-5-3-2-4-6-16/h2-8,13,15H,9-12,14H2,1H3/t15-/m0/s1. The molecule has 0 bridgehead atoms. The Morgan fingerprint density at radius 1 is 1.14 bits per heavy atom. The van der Waals surface area contributed by atoms with Gasteiger partial charge in [-0.25, -0.2) is 0 Å². The van der Waals surface area contributed by atoms with Crippen LogP contribution in [0.1, 0.15) is 12.5 Å². The molecule has 146 valence electrons. The molecule has 1 fully saturated rings. The fourth-order valence-corrected chi connectivity index (χ4v) is 3.54. The number of benzene rings is 2. The summed E-state index contributed by atoms with van der Waals surface area (Å²) in [5.41, 5.74) is 2.59. The molecule has 1 atom stereocenters. The first-order valence-electron chi connectivity index (χ1n) is 9.33. The zero-order valence-corrected chi connectivity index (χ0v) is 16.4. The van der Waals surface area contributed by atoms with Gasteiger partial charge in [-0.2, -0.15) is 0 Å². The summed E-state index contributed by atoms with van der Waals surface area (Å²) in [6.07, 6.45) is -0.662. The van der Waals surface area contributed by atoms with Crippen LogP contribution >= 0.6 is 11.6 Å². The van der Waals surface area contributed by atoms with Crippen LogP contribution in [0.15, 0.2) is 48.5 Å². The highest BCUT2D eigenvalue weighted by atomic mass is 35.5. The molecular weight excluding hydrogens is 378 g/mol. The number of nitrogens with zero attached hydrogens (tertiary/aromatic N) is 5. The Morgan fingerprint density at radius 2 is 1.89 bits per heavy atom. The van der Waals surface area contributed by atoms with Crippen molar-refractivity contribution in [1.29, 1.82) is 0 Å². The van der Waals surface area contributed by atoms with Crippen molar-refractivity contribution >= 4 is 28.5 Å². The topological polar surface area (TPSA) is 63.5 Å². The molecule has 2 aromatic carbocycles. The van der Waals surface area contributed by atoms with Crippen LogP contribution in [0.2, 0.25) is 5.02 Å². The van der Waals surface area contributed by atoms with E-state index in [0.717, 1.165) is 19.6 Å². The van der Waals surface area contributed by atoms with E-state index in [2.05, 4.69) is 39.5 Å². The van der Waals surface area contributed by atoms with Gasteiger partial charge >= 0.3 is 0 Å². The molecular formula is C20H22ClN5O2. The number of hydrogen-bond acceptors (Lipinski definition) is 5. The molecule has 0 aliphatic carbocycles. The number of aromatic nitrogens is 3. The Bertz CT molecular complexity index is 954. The number of fused-ring (bicyclic) bond motifs is 1. The van der Waals surface area contributed by atoms with E-state index in [1.165, 1.54) is 10.4 Å². The van der Waals surface area contributed by atoms with Gasteiger partial charge in [-0.3, -0.25) is 9.69 Å². The Morgan fingerprint density at radius 3 is 2.64 bits per heavy atom. The van der Waals surface area contributed by atoms with Crippen molar-refractivity contribution < 1.29 is 9.63 Å². The van der Waals surface area contributed by atoms with Crippen molar-refractivity contribution in [1.82, 2.24) is 25.0 Å². The van der Waals surface area contributed by atoms with Crippen LogP contribution in [-0.2, 0) is 11.3 Å². The zero-order valence-electron chi connectivity index (χ0n) is 15.7. The molecule has 8 heteroatoms. The van der Waals surface area contributed by atoms with Gasteiger partial charge in [0.15, 0.2) is 0 Å². The second kappa shape index (κ2) is 8.16. The summed E-state index contributed by atoms with van der Waals surface area (Å²) in [7, 11) is 0. The van der Waals surface area contributed by atoms with Crippen LogP contribution < -0.4 is 4.84 Å². The quantitative estimate of drug-likeness (QED) is 0.658. The maximum atomic E-state index is 12.8. The Labute approximate surface area is 168 Å². The van der Waals surface area contributed by atoms with Crippen molar-refractivity contribution in [3.63, 3.8) is 0 Å². The minimum absolute atomic E-state index is 0.0509. The highest BCUT2D eigenvalue weighted by molar-refractivity contribution is 6.31.